The number of thioether (sulfide) groups is 1. The van der Waals surface area contributed by atoms with E-state index < -0.39 is 6.10 Å². The Morgan fingerprint density at radius 1 is 1.19 bits per heavy atom. The summed E-state index contributed by atoms with van der Waals surface area (Å²) in [6, 6.07) is 7.63. The third kappa shape index (κ3) is 10.2. The third-order valence-electron chi connectivity index (χ3n) is 3.09. The van der Waals surface area contributed by atoms with Gasteiger partial charge in [0.25, 0.3) is 0 Å². The van der Waals surface area contributed by atoms with Crippen LogP contribution in [0.2, 0.25) is 0 Å². The zero-order chi connectivity index (χ0) is 15.3. The zero-order valence-electron chi connectivity index (χ0n) is 12.7. The van der Waals surface area contributed by atoms with Gasteiger partial charge in [-0.2, -0.15) is 11.8 Å². The van der Waals surface area contributed by atoms with Gasteiger partial charge in [0.1, 0.15) is 18.5 Å². The van der Waals surface area contributed by atoms with Gasteiger partial charge in [-0.25, -0.2) is 0 Å². The average molecular weight is 376 g/mol. The summed E-state index contributed by atoms with van der Waals surface area (Å²) in [5.74, 6) is 2.05. The Labute approximate surface area is 141 Å². The SMILES string of the molecule is CSCCCCCCNCC(O)COc1ccc(Br)cc1. The van der Waals surface area contributed by atoms with Crippen LogP contribution in [0.4, 0.5) is 0 Å². The maximum absolute atomic E-state index is 9.84. The first-order valence-electron chi connectivity index (χ1n) is 7.48. The van der Waals surface area contributed by atoms with Crippen molar-refractivity contribution in [2.45, 2.75) is 31.8 Å². The first kappa shape index (κ1) is 18.8. The van der Waals surface area contributed by atoms with Gasteiger partial charge in [0.15, 0.2) is 0 Å². The van der Waals surface area contributed by atoms with Gasteiger partial charge in [-0.05, 0) is 55.7 Å². The van der Waals surface area contributed by atoms with Gasteiger partial charge in [0.2, 0.25) is 0 Å². The number of aliphatic hydroxyl groups is 1. The molecule has 0 aliphatic carbocycles. The van der Waals surface area contributed by atoms with Crippen molar-refractivity contribution < 1.29 is 9.84 Å². The maximum Gasteiger partial charge on any atom is 0.119 e. The largest absolute Gasteiger partial charge is 0.491 e. The number of benzene rings is 1. The molecule has 0 radical (unpaired) electrons. The number of nitrogens with one attached hydrogen (secondary N) is 1. The molecular weight excluding hydrogens is 350 g/mol. The van der Waals surface area contributed by atoms with E-state index in [9.17, 15) is 5.11 Å². The quantitative estimate of drug-likeness (QED) is 0.546. The summed E-state index contributed by atoms with van der Waals surface area (Å²) < 4.78 is 6.55. The highest BCUT2D eigenvalue weighted by Crippen LogP contribution is 2.16. The predicted molar refractivity (Wildman–Crippen MR) is 95.4 cm³/mol. The Balaban J connectivity index is 1.96. The summed E-state index contributed by atoms with van der Waals surface area (Å²) >= 11 is 5.29. The van der Waals surface area contributed by atoms with E-state index in [0.29, 0.717) is 13.2 Å². The van der Waals surface area contributed by atoms with E-state index in [1.807, 2.05) is 36.0 Å². The normalized spacial score (nSPS) is 12.3. The van der Waals surface area contributed by atoms with Crippen LogP contribution >= 0.6 is 27.7 Å². The number of unbranched alkanes of at least 4 members (excludes halogenated alkanes) is 3. The van der Waals surface area contributed by atoms with Crippen LogP contribution in [0.1, 0.15) is 25.7 Å². The molecule has 0 fully saturated rings. The molecule has 0 aliphatic heterocycles. The fourth-order valence-corrected chi connectivity index (χ4v) is 2.66. The molecule has 1 aromatic rings. The van der Waals surface area contributed by atoms with Gasteiger partial charge >= 0.3 is 0 Å². The highest BCUT2D eigenvalue weighted by Gasteiger charge is 2.04. The molecule has 1 atom stereocenters. The van der Waals surface area contributed by atoms with Gasteiger partial charge in [0, 0.05) is 11.0 Å². The minimum Gasteiger partial charge on any atom is -0.491 e. The Morgan fingerprint density at radius 3 is 2.62 bits per heavy atom. The summed E-state index contributed by atoms with van der Waals surface area (Å²) in [5.41, 5.74) is 0. The lowest BCUT2D eigenvalue weighted by molar-refractivity contribution is 0.106. The van der Waals surface area contributed by atoms with E-state index in [1.165, 1.54) is 31.4 Å². The number of halogens is 1. The highest BCUT2D eigenvalue weighted by molar-refractivity contribution is 9.10. The Bertz CT molecular complexity index is 362. The summed E-state index contributed by atoms with van der Waals surface area (Å²) in [6.45, 7) is 1.87. The lowest BCUT2D eigenvalue weighted by Gasteiger charge is -2.13. The number of ether oxygens (including phenoxy) is 1. The average Bonchev–Trinajstić information content (AvgIpc) is 2.49. The molecule has 2 N–H and O–H groups in total. The van der Waals surface area contributed by atoms with Crippen LogP contribution in [0.5, 0.6) is 5.75 Å². The van der Waals surface area contributed by atoms with Crippen LogP contribution in [0.25, 0.3) is 0 Å². The molecule has 0 aliphatic rings. The van der Waals surface area contributed by atoms with E-state index in [-0.39, 0.29) is 0 Å². The molecule has 1 aromatic carbocycles. The molecule has 5 heteroatoms. The summed E-state index contributed by atoms with van der Waals surface area (Å²) in [7, 11) is 0. The third-order valence-corrected chi connectivity index (χ3v) is 4.31. The topological polar surface area (TPSA) is 41.5 Å². The molecular formula is C16H26BrNO2S. The molecule has 0 amide bonds. The number of aliphatic hydroxyl groups excluding tert-OH is 1. The minimum atomic E-state index is -0.467. The molecule has 3 nitrogen and oxygen atoms in total. The molecule has 0 saturated heterocycles. The van der Waals surface area contributed by atoms with E-state index in [1.54, 1.807) is 0 Å². The van der Waals surface area contributed by atoms with Crippen LogP contribution in [0.15, 0.2) is 28.7 Å². The van der Waals surface area contributed by atoms with E-state index in [4.69, 9.17) is 4.74 Å². The molecule has 120 valence electrons. The van der Waals surface area contributed by atoms with Crippen molar-refractivity contribution in [1.82, 2.24) is 5.32 Å². The molecule has 1 unspecified atom stereocenters. The van der Waals surface area contributed by atoms with Crippen LogP contribution in [0, 0.1) is 0 Å². The maximum atomic E-state index is 9.84. The van der Waals surface area contributed by atoms with E-state index >= 15 is 0 Å². The van der Waals surface area contributed by atoms with Crippen molar-refractivity contribution in [2.75, 3.05) is 31.7 Å². The van der Waals surface area contributed by atoms with Crippen LogP contribution in [0.3, 0.4) is 0 Å². The Morgan fingerprint density at radius 2 is 1.90 bits per heavy atom. The molecule has 0 saturated carbocycles. The van der Waals surface area contributed by atoms with E-state index in [0.717, 1.165) is 16.8 Å². The standard InChI is InChI=1S/C16H26BrNO2S/c1-21-11-5-3-2-4-10-18-12-15(19)13-20-16-8-6-14(17)7-9-16/h6-9,15,18-19H,2-5,10-13H2,1H3. The van der Waals surface area contributed by atoms with Gasteiger partial charge in [-0.3, -0.25) is 0 Å². The van der Waals surface area contributed by atoms with Gasteiger partial charge < -0.3 is 15.2 Å². The number of rotatable bonds is 12. The fourth-order valence-electron chi connectivity index (χ4n) is 1.90. The van der Waals surface area contributed by atoms with Crippen molar-refractivity contribution in [1.29, 1.82) is 0 Å². The second kappa shape index (κ2) is 12.3. The van der Waals surface area contributed by atoms with Crippen LogP contribution in [-0.2, 0) is 0 Å². The van der Waals surface area contributed by atoms with Crippen LogP contribution in [-0.4, -0.2) is 42.9 Å². The van der Waals surface area contributed by atoms with Crippen molar-refractivity contribution in [3.8, 4) is 5.75 Å². The van der Waals surface area contributed by atoms with Crippen molar-refractivity contribution in [2.24, 2.45) is 0 Å². The zero-order valence-corrected chi connectivity index (χ0v) is 15.1. The van der Waals surface area contributed by atoms with Crippen molar-refractivity contribution in [3.63, 3.8) is 0 Å². The first-order valence-corrected chi connectivity index (χ1v) is 9.67. The highest BCUT2D eigenvalue weighted by atomic mass is 79.9. The predicted octanol–water partition coefficient (Wildman–Crippen LogP) is 3.70. The molecule has 0 heterocycles. The van der Waals surface area contributed by atoms with Gasteiger partial charge in [0.05, 0.1) is 0 Å². The second-order valence-electron chi connectivity index (χ2n) is 5.03. The second-order valence-corrected chi connectivity index (χ2v) is 6.93. The molecule has 0 aromatic heterocycles. The monoisotopic (exact) mass is 375 g/mol. The smallest absolute Gasteiger partial charge is 0.119 e. The minimum absolute atomic E-state index is 0.322. The lowest BCUT2D eigenvalue weighted by atomic mass is 10.2. The van der Waals surface area contributed by atoms with Gasteiger partial charge in [-0.15, -0.1) is 0 Å². The fraction of sp³-hybridized carbons (Fsp3) is 0.625. The summed E-state index contributed by atoms with van der Waals surface area (Å²) in [6.07, 6.45) is 6.74. The number of hydrogen-bond acceptors (Lipinski definition) is 4. The molecule has 21 heavy (non-hydrogen) atoms. The lowest BCUT2D eigenvalue weighted by Crippen LogP contribution is -2.32. The molecule has 0 bridgehead atoms. The summed E-state index contributed by atoms with van der Waals surface area (Å²) in [4.78, 5) is 0. The van der Waals surface area contributed by atoms with E-state index in [2.05, 4.69) is 27.5 Å². The Kier molecular flexibility index (Phi) is 11.0. The molecule has 0 spiro atoms. The van der Waals surface area contributed by atoms with Crippen LogP contribution < -0.4 is 10.1 Å². The first-order chi connectivity index (χ1) is 10.2. The van der Waals surface area contributed by atoms with Gasteiger partial charge in [-0.1, -0.05) is 28.8 Å². The molecule has 1 rings (SSSR count). The summed E-state index contributed by atoms with van der Waals surface area (Å²) in [5, 5.41) is 13.1. The number of hydrogen-bond donors (Lipinski definition) is 2. The van der Waals surface area contributed by atoms with Crippen molar-refractivity contribution >= 4 is 27.7 Å². The Hall–Kier alpha value is -0.230. The van der Waals surface area contributed by atoms with Crippen molar-refractivity contribution in [3.05, 3.63) is 28.7 Å².